The zero-order valence-corrected chi connectivity index (χ0v) is 22.5. The van der Waals surface area contributed by atoms with E-state index in [9.17, 15) is 26.7 Å². The van der Waals surface area contributed by atoms with Gasteiger partial charge in [0.15, 0.2) is 12.7 Å². The molecule has 0 spiro atoms. The number of rotatable bonds is 6. The summed E-state index contributed by atoms with van der Waals surface area (Å²) in [6.45, 7) is 0.216. The molecular weight excluding hydrogens is 611 g/mol. The number of oxime groups is 1. The fourth-order valence-corrected chi connectivity index (χ4v) is 5.78. The summed E-state index contributed by atoms with van der Waals surface area (Å²) in [5.74, 6) is -2.41. The van der Waals surface area contributed by atoms with E-state index in [1.807, 2.05) is 5.38 Å². The third-order valence-corrected chi connectivity index (χ3v) is 7.90. The molecule has 1 atom stereocenters. The molecule has 206 valence electrons. The number of thiazole rings is 1. The van der Waals surface area contributed by atoms with Crippen LogP contribution in [0.4, 0.5) is 22.0 Å². The number of nitrogens with zero attached hydrogens (tertiary/aromatic N) is 4. The number of carbonyl (C=O) groups is 1. The van der Waals surface area contributed by atoms with Crippen molar-refractivity contribution in [2.75, 3.05) is 19.7 Å². The molecule has 1 amide bonds. The fraction of sp³-hybridized carbons (Fsp3) is 0.360. The van der Waals surface area contributed by atoms with Crippen LogP contribution in [0.2, 0.25) is 0 Å². The summed E-state index contributed by atoms with van der Waals surface area (Å²) in [6.07, 6.45) is -2.99. The van der Waals surface area contributed by atoms with Crippen LogP contribution >= 0.6 is 27.3 Å². The Morgan fingerprint density at radius 3 is 2.62 bits per heavy atom. The molecule has 7 nitrogen and oxygen atoms in total. The van der Waals surface area contributed by atoms with Crippen LogP contribution in [0.1, 0.15) is 53.1 Å². The van der Waals surface area contributed by atoms with Crippen molar-refractivity contribution in [3.05, 3.63) is 73.8 Å². The van der Waals surface area contributed by atoms with Gasteiger partial charge in [0.05, 0.1) is 16.3 Å². The number of hydrogen-bond donors (Lipinski definition) is 0. The maximum atomic E-state index is 14.1. The lowest BCUT2D eigenvalue weighted by atomic mass is 9.97. The fourth-order valence-electron chi connectivity index (χ4n) is 4.45. The van der Waals surface area contributed by atoms with Crippen LogP contribution in [0.15, 0.2) is 45.5 Å². The predicted octanol–water partition coefficient (Wildman–Crippen LogP) is 6.25. The normalized spacial score (nSPS) is 18.2. The minimum absolute atomic E-state index is 0.0708. The van der Waals surface area contributed by atoms with E-state index < -0.39 is 47.9 Å². The molecule has 0 N–H and O–H groups in total. The number of ether oxygens (including phenoxy) is 1. The van der Waals surface area contributed by atoms with Gasteiger partial charge in [-0.15, -0.1) is 11.3 Å². The van der Waals surface area contributed by atoms with Crippen molar-refractivity contribution in [1.29, 1.82) is 0 Å². The average Bonchev–Trinajstić information content (AvgIpc) is 3.58. The molecule has 0 saturated carbocycles. The number of hydrogen-bond acceptors (Lipinski definition) is 7. The number of amides is 1. The molecule has 1 unspecified atom stereocenters. The largest absolute Gasteiger partial charge is 0.467 e. The van der Waals surface area contributed by atoms with E-state index in [1.54, 1.807) is 4.90 Å². The molecule has 1 aromatic carbocycles. The molecule has 14 heteroatoms. The van der Waals surface area contributed by atoms with Gasteiger partial charge in [0.1, 0.15) is 22.9 Å². The Kier molecular flexibility index (Phi) is 7.85. The van der Waals surface area contributed by atoms with Crippen molar-refractivity contribution < 1.29 is 36.3 Å². The highest BCUT2D eigenvalue weighted by Crippen LogP contribution is 2.37. The van der Waals surface area contributed by atoms with Gasteiger partial charge in [-0.25, -0.2) is 18.7 Å². The highest BCUT2D eigenvalue weighted by molar-refractivity contribution is 9.10. The maximum Gasteiger partial charge on any atom is 0.421 e. The monoisotopic (exact) mass is 630 g/mol. The second kappa shape index (κ2) is 11.2. The van der Waals surface area contributed by atoms with Gasteiger partial charge < -0.3 is 14.5 Å². The quantitative estimate of drug-likeness (QED) is 0.301. The SMILES string of the molecule is O=C(COc1ncc(Br)cc1C(F)(F)F)N1CCC(c2nc(C3=NOC(c4c(F)cccc4F)C3)cs2)CC1. The summed E-state index contributed by atoms with van der Waals surface area (Å²) in [5.41, 5.74) is -0.165. The summed E-state index contributed by atoms with van der Waals surface area (Å²) < 4.78 is 73.3. The molecule has 4 heterocycles. The smallest absolute Gasteiger partial charge is 0.421 e. The van der Waals surface area contributed by atoms with E-state index >= 15 is 0 Å². The topological polar surface area (TPSA) is 76.9 Å². The van der Waals surface area contributed by atoms with Crippen molar-refractivity contribution in [2.24, 2.45) is 5.16 Å². The summed E-state index contributed by atoms with van der Waals surface area (Å²) >= 11 is 4.38. The van der Waals surface area contributed by atoms with Crippen molar-refractivity contribution in [1.82, 2.24) is 14.9 Å². The van der Waals surface area contributed by atoms with Crippen molar-refractivity contribution in [2.45, 2.75) is 37.5 Å². The molecule has 2 aromatic heterocycles. The van der Waals surface area contributed by atoms with Gasteiger partial charge >= 0.3 is 6.18 Å². The molecule has 39 heavy (non-hydrogen) atoms. The molecule has 5 rings (SSSR count). The molecule has 1 fully saturated rings. The van der Waals surface area contributed by atoms with E-state index in [0.717, 1.165) is 11.1 Å². The average molecular weight is 631 g/mol. The standard InChI is InChI=1S/C25H20BrF5N4O3S/c26-14-8-15(25(29,30)31)23(32-10-14)37-11-21(36)35-6-4-13(5-7-35)24-33-19(12-39-24)18-9-20(38-34-18)22-16(27)2-1-3-17(22)28/h1-3,8,10,12-13,20H,4-7,9,11H2. The third kappa shape index (κ3) is 6.06. The van der Waals surface area contributed by atoms with Crippen LogP contribution in [0, 0.1) is 11.6 Å². The summed E-state index contributed by atoms with van der Waals surface area (Å²) in [5, 5.41) is 6.64. The molecule has 3 aromatic rings. The Morgan fingerprint density at radius 2 is 1.92 bits per heavy atom. The Balaban J connectivity index is 1.14. The van der Waals surface area contributed by atoms with Gasteiger partial charge in [0.2, 0.25) is 5.88 Å². The summed E-state index contributed by atoms with van der Waals surface area (Å²) in [7, 11) is 0. The Labute approximate surface area is 231 Å². The molecule has 2 aliphatic rings. The van der Waals surface area contributed by atoms with Crippen LogP contribution in [-0.2, 0) is 15.8 Å². The second-order valence-electron chi connectivity index (χ2n) is 8.99. The van der Waals surface area contributed by atoms with Gasteiger partial charge in [-0.2, -0.15) is 13.2 Å². The van der Waals surface area contributed by atoms with Gasteiger partial charge in [-0.1, -0.05) is 11.2 Å². The van der Waals surface area contributed by atoms with Crippen LogP contribution in [-0.4, -0.2) is 46.2 Å². The van der Waals surface area contributed by atoms with Crippen LogP contribution < -0.4 is 4.74 Å². The lowest BCUT2D eigenvalue weighted by molar-refractivity contribution is -0.141. The Morgan fingerprint density at radius 1 is 1.21 bits per heavy atom. The van der Waals surface area contributed by atoms with Gasteiger partial charge in [-0.05, 0) is 47.0 Å². The maximum absolute atomic E-state index is 14.1. The molecule has 1 saturated heterocycles. The van der Waals surface area contributed by atoms with E-state index in [2.05, 4.69) is 31.1 Å². The van der Waals surface area contributed by atoms with E-state index in [-0.39, 0.29) is 22.4 Å². The van der Waals surface area contributed by atoms with Gasteiger partial charge in [-0.3, -0.25) is 4.79 Å². The van der Waals surface area contributed by atoms with E-state index in [1.165, 1.54) is 35.7 Å². The highest BCUT2D eigenvalue weighted by atomic mass is 79.9. The Hall–Kier alpha value is -3.13. The van der Waals surface area contributed by atoms with Crippen molar-refractivity contribution in [3.8, 4) is 5.88 Å². The first-order chi connectivity index (χ1) is 18.6. The zero-order chi connectivity index (χ0) is 27.7. The van der Waals surface area contributed by atoms with E-state index in [4.69, 9.17) is 9.57 Å². The number of halogens is 6. The van der Waals surface area contributed by atoms with Crippen LogP contribution in [0.25, 0.3) is 0 Å². The van der Waals surface area contributed by atoms with Gasteiger partial charge in [0, 0.05) is 41.5 Å². The van der Waals surface area contributed by atoms with Crippen molar-refractivity contribution in [3.63, 3.8) is 0 Å². The zero-order valence-electron chi connectivity index (χ0n) is 20.1. The first kappa shape index (κ1) is 27.4. The number of aromatic nitrogens is 2. The number of piperidine rings is 1. The lowest BCUT2D eigenvalue weighted by Crippen LogP contribution is -2.40. The number of alkyl halides is 3. The molecular formula is C25H20BrF5N4O3S. The minimum atomic E-state index is -4.68. The molecule has 0 bridgehead atoms. The lowest BCUT2D eigenvalue weighted by Gasteiger charge is -2.31. The number of likely N-dealkylation sites (tertiary alicyclic amines) is 1. The van der Waals surface area contributed by atoms with Crippen molar-refractivity contribution >= 4 is 38.9 Å². The first-order valence-corrected chi connectivity index (χ1v) is 13.5. The van der Waals surface area contributed by atoms with Crippen LogP contribution in [0.3, 0.4) is 0 Å². The highest BCUT2D eigenvalue weighted by Gasteiger charge is 2.36. The third-order valence-electron chi connectivity index (χ3n) is 6.46. The van der Waals surface area contributed by atoms with Gasteiger partial charge in [0.25, 0.3) is 5.91 Å². The van der Waals surface area contributed by atoms with Crippen LogP contribution in [0.5, 0.6) is 5.88 Å². The molecule has 2 aliphatic heterocycles. The molecule has 0 radical (unpaired) electrons. The number of benzene rings is 1. The first-order valence-electron chi connectivity index (χ1n) is 11.9. The second-order valence-corrected chi connectivity index (χ2v) is 10.8. The summed E-state index contributed by atoms with van der Waals surface area (Å²) in [4.78, 5) is 27.7. The molecule has 0 aliphatic carbocycles. The van der Waals surface area contributed by atoms with E-state index in [0.29, 0.717) is 37.3 Å². The number of carbonyl (C=O) groups excluding carboxylic acids is 1. The number of pyridine rings is 1. The summed E-state index contributed by atoms with van der Waals surface area (Å²) in [6, 6.07) is 4.47. The predicted molar refractivity (Wildman–Crippen MR) is 134 cm³/mol. The Bertz CT molecular complexity index is 1390. The minimum Gasteiger partial charge on any atom is -0.467 e.